The summed E-state index contributed by atoms with van der Waals surface area (Å²) in [6.45, 7) is 12.8. The summed E-state index contributed by atoms with van der Waals surface area (Å²) in [6.07, 6.45) is 0.526. The Labute approximate surface area is 211 Å². The summed E-state index contributed by atoms with van der Waals surface area (Å²) in [5.41, 5.74) is -6.89. The van der Waals surface area contributed by atoms with E-state index in [1.54, 1.807) is 33.8 Å². The number of ketones is 1. The Hall–Kier alpha value is -1.36. The lowest BCUT2D eigenvalue weighted by molar-refractivity contribution is -0.329. The van der Waals surface area contributed by atoms with Crippen LogP contribution in [0.5, 0.6) is 0 Å². The molecular formula is C27H38O9. The fraction of sp³-hybridized carbons (Fsp3) is 0.852. The van der Waals surface area contributed by atoms with Crippen LogP contribution < -0.4 is 0 Å². The predicted molar refractivity (Wildman–Crippen MR) is 124 cm³/mol. The molecule has 2 aliphatic heterocycles. The second kappa shape index (κ2) is 6.79. The third-order valence-electron chi connectivity index (χ3n) is 10.8. The van der Waals surface area contributed by atoms with Crippen LogP contribution in [0.2, 0.25) is 0 Å². The van der Waals surface area contributed by atoms with E-state index in [0.29, 0.717) is 6.42 Å². The topological polar surface area (TPSA) is 135 Å². The van der Waals surface area contributed by atoms with Crippen LogP contribution in [0.4, 0.5) is 0 Å². The summed E-state index contributed by atoms with van der Waals surface area (Å²) in [5, 5.41) is 36.5. The Bertz CT molecular complexity index is 1070. The first-order valence-corrected chi connectivity index (χ1v) is 13.1. The molecule has 0 aromatic rings. The summed E-state index contributed by atoms with van der Waals surface area (Å²) in [5.74, 6) is -5.39. The number of aliphatic hydroxyl groups excluding tert-OH is 1. The average Bonchev–Trinajstić information content (AvgIpc) is 3.60. The maximum absolute atomic E-state index is 13.3. The average molecular weight is 507 g/mol. The molecule has 3 saturated carbocycles. The van der Waals surface area contributed by atoms with E-state index in [1.165, 1.54) is 6.08 Å². The minimum atomic E-state index is -2.10. The lowest BCUT2D eigenvalue weighted by atomic mass is 9.58. The number of carbonyl (C=O) groups excluding carboxylic acids is 2. The predicted octanol–water partition coefficient (Wildman–Crippen LogP) is 1.12. The molecule has 6 aliphatic rings. The quantitative estimate of drug-likeness (QED) is 0.380. The van der Waals surface area contributed by atoms with Crippen LogP contribution in [-0.2, 0) is 28.5 Å². The number of hydrogen-bond acceptors (Lipinski definition) is 9. The molecule has 9 heteroatoms. The summed E-state index contributed by atoms with van der Waals surface area (Å²) in [4.78, 5) is 26.3. The molecule has 9 nitrogen and oxygen atoms in total. The van der Waals surface area contributed by atoms with E-state index in [4.69, 9.17) is 18.9 Å². The lowest BCUT2D eigenvalue weighted by Gasteiger charge is -2.54. The molecule has 1 spiro atoms. The zero-order valence-corrected chi connectivity index (χ0v) is 22.0. The van der Waals surface area contributed by atoms with Gasteiger partial charge in [0.1, 0.15) is 17.3 Å². The largest absolute Gasteiger partial charge is 0.455 e. The Morgan fingerprint density at radius 3 is 2.53 bits per heavy atom. The van der Waals surface area contributed by atoms with Crippen molar-refractivity contribution in [3.05, 3.63) is 12.2 Å². The van der Waals surface area contributed by atoms with Crippen molar-refractivity contribution >= 4 is 11.8 Å². The van der Waals surface area contributed by atoms with Crippen molar-refractivity contribution in [3.63, 3.8) is 0 Å². The fourth-order valence-electron chi connectivity index (χ4n) is 8.43. The molecule has 0 bridgehead atoms. The first kappa shape index (κ1) is 24.9. The van der Waals surface area contributed by atoms with E-state index in [2.05, 4.69) is 0 Å². The Kier molecular flexibility index (Phi) is 4.71. The zero-order valence-electron chi connectivity index (χ0n) is 22.0. The molecule has 4 aliphatic carbocycles. The maximum atomic E-state index is 13.3. The van der Waals surface area contributed by atoms with E-state index in [-0.39, 0.29) is 18.5 Å². The van der Waals surface area contributed by atoms with Crippen molar-refractivity contribution in [2.24, 2.45) is 35.0 Å². The molecule has 2 saturated heterocycles. The standard InChI is InChI=1S/C27H38O9/c1-8-12(2)20(30)35-27-17(22(27,4)5)16-19-24(34-19)11-33-23(6,7)36-21(24)26(32)14(9-10-15(26)28)25(16,31)13(3)18(27)29/h9-10,12-14,16-19,21,29,31-32H,8,11H2,1-7H3/t12-,13+,14-,16+,17+,18+,19-,21+,24-,25-,26+,27+/m0/s1. The van der Waals surface area contributed by atoms with Crippen LogP contribution in [0.3, 0.4) is 0 Å². The van der Waals surface area contributed by atoms with Gasteiger partial charge in [0, 0.05) is 29.1 Å². The van der Waals surface area contributed by atoms with Crippen molar-refractivity contribution in [3.8, 4) is 0 Å². The monoisotopic (exact) mass is 506 g/mol. The van der Waals surface area contributed by atoms with Crippen molar-refractivity contribution in [2.75, 3.05) is 6.61 Å². The van der Waals surface area contributed by atoms with Gasteiger partial charge in [-0.1, -0.05) is 40.7 Å². The van der Waals surface area contributed by atoms with E-state index < -0.39 is 81.4 Å². The highest BCUT2D eigenvalue weighted by atomic mass is 16.8. The smallest absolute Gasteiger partial charge is 0.309 e. The zero-order chi connectivity index (χ0) is 26.4. The maximum Gasteiger partial charge on any atom is 0.309 e. The molecule has 12 atom stereocenters. The van der Waals surface area contributed by atoms with Crippen molar-refractivity contribution < 1.29 is 43.9 Å². The van der Waals surface area contributed by atoms with Gasteiger partial charge in [0.15, 0.2) is 17.2 Å². The van der Waals surface area contributed by atoms with Gasteiger partial charge in [-0.25, -0.2) is 0 Å². The highest BCUT2D eigenvalue weighted by Crippen LogP contribution is 2.79. The van der Waals surface area contributed by atoms with Gasteiger partial charge in [-0.15, -0.1) is 0 Å². The van der Waals surface area contributed by atoms with Crippen molar-refractivity contribution in [1.29, 1.82) is 0 Å². The summed E-state index contributed by atoms with van der Waals surface area (Å²) in [7, 11) is 0. The Balaban J connectivity index is 1.52. The number of aliphatic hydroxyl groups is 3. The van der Waals surface area contributed by atoms with Crippen molar-refractivity contribution in [1.82, 2.24) is 0 Å². The molecule has 0 radical (unpaired) electrons. The Morgan fingerprint density at radius 1 is 1.22 bits per heavy atom. The van der Waals surface area contributed by atoms with Gasteiger partial charge in [0.2, 0.25) is 0 Å². The molecule has 0 aromatic carbocycles. The fourth-order valence-corrected chi connectivity index (χ4v) is 8.43. The molecule has 5 fully saturated rings. The number of ether oxygens (including phenoxy) is 4. The van der Waals surface area contributed by atoms with Crippen LogP contribution in [0.25, 0.3) is 0 Å². The molecule has 200 valence electrons. The molecule has 0 amide bonds. The second-order valence-electron chi connectivity index (χ2n) is 13.1. The lowest BCUT2D eigenvalue weighted by Crippen LogP contribution is -2.70. The minimum Gasteiger partial charge on any atom is -0.455 e. The highest BCUT2D eigenvalue weighted by Gasteiger charge is 2.93. The highest BCUT2D eigenvalue weighted by molar-refractivity contribution is 6.01. The molecular weight excluding hydrogens is 468 g/mol. The SMILES string of the molecule is CC[C@H](C)C(=O)O[C@@]12[C@H](O)[C@@H](C)[C@@]3(O)[C@H]([C@@H]1C2(C)C)[C@@H]1O[C@@]12COC(C)(C)O[C@H]2[C@]1(O)C(=O)C=C[C@H]13. The summed E-state index contributed by atoms with van der Waals surface area (Å²) < 4.78 is 24.7. The van der Waals surface area contributed by atoms with Gasteiger partial charge < -0.3 is 34.3 Å². The van der Waals surface area contributed by atoms with Gasteiger partial charge in [0.05, 0.1) is 30.3 Å². The second-order valence-corrected chi connectivity index (χ2v) is 13.1. The molecule has 0 unspecified atom stereocenters. The minimum absolute atomic E-state index is 0.0773. The molecule has 6 rings (SSSR count). The summed E-state index contributed by atoms with van der Waals surface area (Å²) >= 11 is 0. The van der Waals surface area contributed by atoms with Crippen LogP contribution in [0.15, 0.2) is 12.2 Å². The van der Waals surface area contributed by atoms with E-state index in [0.717, 1.165) is 0 Å². The van der Waals surface area contributed by atoms with Crippen LogP contribution >= 0.6 is 0 Å². The van der Waals surface area contributed by atoms with E-state index in [1.807, 2.05) is 20.8 Å². The first-order chi connectivity index (χ1) is 16.6. The van der Waals surface area contributed by atoms with Gasteiger partial charge >= 0.3 is 5.97 Å². The molecule has 0 aromatic heterocycles. The van der Waals surface area contributed by atoms with Gasteiger partial charge in [-0.3, -0.25) is 9.59 Å². The number of esters is 1. The van der Waals surface area contributed by atoms with Crippen LogP contribution in [0.1, 0.15) is 54.9 Å². The number of epoxide rings is 1. The summed E-state index contributed by atoms with van der Waals surface area (Å²) in [6, 6.07) is 0. The first-order valence-electron chi connectivity index (χ1n) is 13.1. The molecule has 2 heterocycles. The number of rotatable bonds is 3. The third-order valence-corrected chi connectivity index (χ3v) is 10.8. The van der Waals surface area contributed by atoms with Crippen LogP contribution in [-0.4, -0.2) is 80.2 Å². The van der Waals surface area contributed by atoms with Gasteiger partial charge in [-0.2, -0.15) is 0 Å². The van der Waals surface area contributed by atoms with Crippen LogP contribution in [0, 0.1) is 35.0 Å². The molecule has 3 N–H and O–H groups in total. The van der Waals surface area contributed by atoms with E-state index in [9.17, 15) is 24.9 Å². The van der Waals surface area contributed by atoms with Crippen molar-refractivity contribution in [2.45, 2.75) is 101 Å². The Morgan fingerprint density at radius 2 is 1.89 bits per heavy atom. The number of carbonyl (C=O) groups is 2. The number of hydrogen-bond donors (Lipinski definition) is 3. The third kappa shape index (κ3) is 2.49. The number of fused-ring (bicyclic) bond motifs is 7. The van der Waals surface area contributed by atoms with Gasteiger partial charge in [-0.05, 0) is 26.3 Å². The molecule has 36 heavy (non-hydrogen) atoms. The van der Waals surface area contributed by atoms with E-state index >= 15 is 0 Å². The van der Waals surface area contributed by atoms with Gasteiger partial charge in [0.25, 0.3) is 0 Å². The normalized spacial score (nSPS) is 55.7.